The summed E-state index contributed by atoms with van der Waals surface area (Å²) < 4.78 is 53.9. The molecule has 0 aliphatic carbocycles. The predicted molar refractivity (Wildman–Crippen MR) is 112 cm³/mol. The van der Waals surface area contributed by atoms with Crippen LogP contribution in [-0.4, -0.2) is 44.8 Å². The van der Waals surface area contributed by atoms with E-state index in [0.717, 1.165) is 38.1 Å². The molecule has 2 aromatic rings. The summed E-state index contributed by atoms with van der Waals surface area (Å²) in [5.74, 6) is -2.68. The molecule has 0 radical (unpaired) electrons. The lowest BCUT2D eigenvalue weighted by Crippen LogP contribution is -2.31. The topological polar surface area (TPSA) is 69.7 Å². The molecule has 30 heavy (non-hydrogen) atoms. The minimum atomic E-state index is -3.76. The zero-order valence-electron chi connectivity index (χ0n) is 17.0. The van der Waals surface area contributed by atoms with Gasteiger partial charge in [0, 0.05) is 43.6 Å². The quantitative estimate of drug-likeness (QED) is 0.715. The molecular weight excluding hydrogens is 412 g/mol. The van der Waals surface area contributed by atoms with E-state index < -0.39 is 27.6 Å². The highest BCUT2D eigenvalue weighted by Gasteiger charge is 2.26. The summed E-state index contributed by atoms with van der Waals surface area (Å²) >= 11 is 0. The molecule has 0 aromatic heterocycles. The first-order valence-electron chi connectivity index (χ1n) is 9.93. The van der Waals surface area contributed by atoms with Crippen LogP contribution in [0, 0.1) is 11.6 Å². The average Bonchev–Trinajstić information content (AvgIpc) is 3.25. The van der Waals surface area contributed by atoms with Gasteiger partial charge in [-0.2, -0.15) is 4.31 Å². The molecule has 1 saturated heterocycles. The van der Waals surface area contributed by atoms with E-state index in [0.29, 0.717) is 18.8 Å². The van der Waals surface area contributed by atoms with Gasteiger partial charge in [0.1, 0.15) is 0 Å². The third-order valence-electron chi connectivity index (χ3n) is 5.18. The lowest BCUT2D eigenvalue weighted by Gasteiger charge is -2.23. The van der Waals surface area contributed by atoms with E-state index in [1.54, 1.807) is 19.9 Å². The number of nitrogens with zero attached hydrogens (tertiary/aromatic N) is 2. The lowest BCUT2D eigenvalue weighted by molar-refractivity contribution is 0.102. The van der Waals surface area contributed by atoms with Gasteiger partial charge in [0.25, 0.3) is 5.91 Å². The third kappa shape index (κ3) is 4.46. The SMILES string of the molecule is CCN(CC)S(=O)(=O)c1ccc(N2CCCC2)c(C(=O)Nc2ccc(F)c(F)c2)c1. The maximum absolute atomic E-state index is 13.5. The number of benzene rings is 2. The van der Waals surface area contributed by atoms with Crippen LogP contribution in [0.15, 0.2) is 41.3 Å². The number of carbonyl (C=O) groups excluding carboxylic acids is 1. The third-order valence-corrected chi connectivity index (χ3v) is 7.23. The average molecular weight is 438 g/mol. The van der Waals surface area contributed by atoms with Gasteiger partial charge < -0.3 is 10.2 Å². The maximum atomic E-state index is 13.5. The molecule has 0 unspecified atom stereocenters. The number of hydrogen-bond donors (Lipinski definition) is 1. The second-order valence-electron chi connectivity index (χ2n) is 7.05. The van der Waals surface area contributed by atoms with Crippen LogP contribution >= 0.6 is 0 Å². The van der Waals surface area contributed by atoms with Crippen LogP contribution in [0.1, 0.15) is 37.0 Å². The van der Waals surface area contributed by atoms with E-state index in [1.807, 2.05) is 4.90 Å². The van der Waals surface area contributed by atoms with Crippen LogP contribution in [0.4, 0.5) is 20.2 Å². The maximum Gasteiger partial charge on any atom is 0.257 e. The summed E-state index contributed by atoms with van der Waals surface area (Å²) in [5, 5.41) is 2.55. The Morgan fingerprint density at radius 3 is 2.30 bits per heavy atom. The Labute approximate surface area is 175 Å². The Bertz CT molecular complexity index is 1030. The number of carbonyl (C=O) groups is 1. The first kappa shape index (κ1) is 22.2. The fourth-order valence-corrected chi connectivity index (χ4v) is 5.06. The summed E-state index contributed by atoms with van der Waals surface area (Å²) in [6, 6.07) is 7.57. The van der Waals surface area contributed by atoms with Gasteiger partial charge in [-0.05, 0) is 43.2 Å². The molecule has 6 nitrogen and oxygen atoms in total. The number of halogens is 2. The molecule has 9 heteroatoms. The Kier molecular flexibility index (Phi) is 6.72. The molecule has 0 saturated carbocycles. The van der Waals surface area contributed by atoms with Gasteiger partial charge in [0.15, 0.2) is 11.6 Å². The smallest absolute Gasteiger partial charge is 0.257 e. The molecule has 1 aliphatic rings. The first-order valence-corrected chi connectivity index (χ1v) is 11.4. The summed E-state index contributed by atoms with van der Waals surface area (Å²) in [7, 11) is -3.76. The van der Waals surface area contributed by atoms with Crippen LogP contribution < -0.4 is 10.2 Å². The van der Waals surface area contributed by atoms with E-state index in [2.05, 4.69) is 5.32 Å². The zero-order valence-corrected chi connectivity index (χ0v) is 17.8. The van der Waals surface area contributed by atoms with Gasteiger partial charge >= 0.3 is 0 Å². The molecule has 162 valence electrons. The van der Waals surface area contributed by atoms with Gasteiger partial charge in [-0.3, -0.25) is 4.79 Å². The standard InChI is InChI=1S/C21H25F2N3O3S/c1-3-26(4-2)30(28,29)16-8-10-20(25-11-5-6-12-25)17(14-16)21(27)24-15-7-9-18(22)19(23)13-15/h7-10,13-14H,3-6,11-12H2,1-2H3,(H,24,27). The number of rotatable bonds is 7. The Morgan fingerprint density at radius 2 is 1.70 bits per heavy atom. The molecule has 0 bridgehead atoms. The second-order valence-corrected chi connectivity index (χ2v) is 8.98. The molecule has 1 aliphatic heterocycles. The van der Waals surface area contributed by atoms with Crippen LogP contribution in [0.5, 0.6) is 0 Å². The highest BCUT2D eigenvalue weighted by molar-refractivity contribution is 7.89. The van der Waals surface area contributed by atoms with Crippen molar-refractivity contribution in [3.63, 3.8) is 0 Å². The van der Waals surface area contributed by atoms with E-state index in [-0.39, 0.29) is 16.1 Å². The van der Waals surface area contributed by atoms with Crippen molar-refractivity contribution in [1.29, 1.82) is 0 Å². The van der Waals surface area contributed by atoms with Crippen molar-refractivity contribution < 1.29 is 22.0 Å². The Balaban J connectivity index is 2.02. The van der Waals surface area contributed by atoms with Crippen molar-refractivity contribution in [2.45, 2.75) is 31.6 Å². The van der Waals surface area contributed by atoms with Gasteiger partial charge in [-0.15, -0.1) is 0 Å². The minimum Gasteiger partial charge on any atom is -0.371 e. The molecule has 0 atom stereocenters. The number of amides is 1. The number of anilines is 2. The first-order chi connectivity index (χ1) is 14.3. The zero-order chi connectivity index (χ0) is 21.9. The number of nitrogens with one attached hydrogen (secondary N) is 1. The van der Waals surface area contributed by atoms with Crippen molar-refractivity contribution in [2.75, 3.05) is 36.4 Å². The molecule has 2 aromatic carbocycles. The molecule has 1 fully saturated rings. The highest BCUT2D eigenvalue weighted by Crippen LogP contribution is 2.29. The monoisotopic (exact) mass is 437 g/mol. The van der Waals surface area contributed by atoms with Crippen LogP contribution in [0.3, 0.4) is 0 Å². The molecule has 1 N–H and O–H groups in total. The summed E-state index contributed by atoms with van der Waals surface area (Å²) in [6.07, 6.45) is 1.95. The van der Waals surface area contributed by atoms with Crippen molar-refractivity contribution in [2.24, 2.45) is 0 Å². The van der Waals surface area contributed by atoms with Gasteiger partial charge in [-0.25, -0.2) is 17.2 Å². The lowest BCUT2D eigenvalue weighted by atomic mass is 10.1. The highest BCUT2D eigenvalue weighted by atomic mass is 32.2. The van der Waals surface area contributed by atoms with E-state index in [9.17, 15) is 22.0 Å². The fraction of sp³-hybridized carbons (Fsp3) is 0.381. The minimum absolute atomic E-state index is 0.0181. The van der Waals surface area contributed by atoms with Crippen molar-refractivity contribution >= 4 is 27.3 Å². The van der Waals surface area contributed by atoms with Gasteiger partial charge in [0.05, 0.1) is 10.5 Å². The van der Waals surface area contributed by atoms with Crippen molar-refractivity contribution in [3.05, 3.63) is 53.6 Å². The van der Waals surface area contributed by atoms with Crippen LogP contribution in [0.25, 0.3) is 0 Å². The largest absolute Gasteiger partial charge is 0.371 e. The summed E-state index contributed by atoms with van der Waals surface area (Å²) in [4.78, 5) is 15.1. The van der Waals surface area contributed by atoms with Gasteiger partial charge in [0.2, 0.25) is 10.0 Å². The van der Waals surface area contributed by atoms with Crippen molar-refractivity contribution in [1.82, 2.24) is 4.31 Å². The summed E-state index contributed by atoms with van der Waals surface area (Å²) in [5.41, 5.74) is 0.879. The predicted octanol–water partition coefficient (Wildman–Crippen LogP) is 3.85. The van der Waals surface area contributed by atoms with E-state index >= 15 is 0 Å². The normalized spacial score (nSPS) is 14.4. The molecule has 1 heterocycles. The number of sulfonamides is 1. The summed E-state index contributed by atoms with van der Waals surface area (Å²) in [6.45, 7) is 5.63. The van der Waals surface area contributed by atoms with E-state index in [4.69, 9.17) is 0 Å². The van der Waals surface area contributed by atoms with Crippen LogP contribution in [0.2, 0.25) is 0 Å². The second kappa shape index (κ2) is 9.09. The fourth-order valence-electron chi connectivity index (χ4n) is 3.58. The van der Waals surface area contributed by atoms with E-state index in [1.165, 1.54) is 22.5 Å². The molecule has 1 amide bonds. The van der Waals surface area contributed by atoms with Crippen molar-refractivity contribution in [3.8, 4) is 0 Å². The number of hydrogen-bond acceptors (Lipinski definition) is 4. The molecule has 3 rings (SSSR count). The molecule has 0 spiro atoms. The Hall–Kier alpha value is -2.52. The Morgan fingerprint density at radius 1 is 1.03 bits per heavy atom. The molecular formula is C21H25F2N3O3S. The van der Waals surface area contributed by atoms with Crippen LogP contribution in [-0.2, 0) is 10.0 Å². The van der Waals surface area contributed by atoms with Gasteiger partial charge in [-0.1, -0.05) is 13.8 Å².